The Morgan fingerprint density at radius 1 is 0.500 bits per heavy atom. The van der Waals surface area contributed by atoms with E-state index in [9.17, 15) is 9.59 Å². The fraction of sp³-hybridized carbons (Fsp3) is 0.0889. The molecule has 0 bridgehead atoms. The lowest BCUT2D eigenvalue weighted by atomic mass is 9.65. The summed E-state index contributed by atoms with van der Waals surface area (Å²) in [7, 11) is 1.38. The Morgan fingerprint density at radius 3 is 1.14 bits per heavy atom. The highest BCUT2D eigenvalue weighted by molar-refractivity contribution is 5.93. The molecule has 0 saturated heterocycles. The standard InChI is InChI=1S/C23H20O2.C22H19NO2/c1-18(2)22(24)25-23(19-12-6-3-7-13-19,20-14-8-4-9-15-20)21-16-10-5-11-17-21;1-17(21(24)25-2)22(18-9-5-3-6-10-18,19-11-7-4-8-12-19)20-13-15-23-16-14-20/h3-17H,1H2,2H3;3-16H,1H2,2H3. The molecular formula is C45H39NO4. The summed E-state index contributed by atoms with van der Waals surface area (Å²) in [6.45, 7) is 9.54. The van der Waals surface area contributed by atoms with Crippen molar-refractivity contribution in [3.8, 4) is 0 Å². The van der Waals surface area contributed by atoms with Crippen LogP contribution in [0.1, 0.15) is 40.3 Å². The second kappa shape index (κ2) is 16.2. The Kier molecular flexibility index (Phi) is 11.3. The maximum Gasteiger partial charge on any atom is 0.334 e. The molecule has 0 unspecified atom stereocenters. The number of esters is 2. The van der Waals surface area contributed by atoms with E-state index in [0.717, 1.165) is 33.4 Å². The van der Waals surface area contributed by atoms with Crippen LogP contribution in [0.25, 0.3) is 0 Å². The third-order valence-electron chi connectivity index (χ3n) is 8.55. The molecule has 0 amide bonds. The predicted molar refractivity (Wildman–Crippen MR) is 198 cm³/mol. The van der Waals surface area contributed by atoms with E-state index in [2.05, 4.69) is 18.1 Å². The SMILES string of the molecule is C=C(C(=O)OC)C(c1ccccc1)(c1ccccc1)c1ccncc1.C=C(C)C(=O)OC(c1ccccc1)(c1ccccc1)c1ccccc1. The van der Waals surface area contributed by atoms with Crippen molar-refractivity contribution in [2.75, 3.05) is 7.11 Å². The maximum absolute atomic E-state index is 12.6. The molecule has 5 heteroatoms. The van der Waals surface area contributed by atoms with Gasteiger partial charge in [-0.15, -0.1) is 0 Å². The second-order valence-electron chi connectivity index (χ2n) is 11.6. The summed E-state index contributed by atoms with van der Waals surface area (Å²) in [5.74, 6) is -0.860. The van der Waals surface area contributed by atoms with E-state index in [1.54, 1.807) is 19.3 Å². The molecule has 0 radical (unpaired) electrons. The lowest BCUT2D eigenvalue weighted by Gasteiger charge is -2.36. The molecule has 5 aromatic carbocycles. The van der Waals surface area contributed by atoms with Gasteiger partial charge in [0.1, 0.15) is 0 Å². The van der Waals surface area contributed by atoms with Gasteiger partial charge in [0.2, 0.25) is 0 Å². The number of aromatic nitrogens is 1. The summed E-state index contributed by atoms with van der Waals surface area (Å²) in [4.78, 5) is 29.2. The zero-order chi connectivity index (χ0) is 35.4. The van der Waals surface area contributed by atoms with E-state index < -0.39 is 23.0 Å². The fourth-order valence-electron chi connectivity index (χ4n) is 6.20. The van der Waals surface area contributed by atoms with Crippen molar-refractivity contribution < 1.29 is 19.1 Å². The Hall–Kier alpha value is -6.33. The third kappa shape index (κ3) is 7.08. The van der Waals surface area contributed by atoms with Crippen LogP contribution >= 0.6 is 0 Å². The monoisotopic (exact) mass is 657 g/mol. The van der Waals surface area contributed by atoms with Gasteiger partial charge in [0.15, 0.2) is 5.60 Å². The summed E-state index contributed by atoms with van der Waals surface area (Å²) in [5, 5.41) is 0. The molecule has 50 heavy (non-hydrogen) atoms. The second-order valence-corrected chi connectivity index (χ2v) is 11.6. The van der Waals surface area contributed by atoms with Crippen LogP contribution in [-0.2, 0) is 30.1 Å². The summed E-state index contributed by atoms with van der Waals surface area (Å²) < 4.78 is 11.1. The van der Waals surface area contributed by atoms with E-state index in [1.165, 1.54) is 7.11 Å². The van der Waals surface area contributed by atoms with Crippen LogP contribution in [0.2, 0.25) is 0 Å². The third-order valence-corrected chi connectivity index (χ3v) is 8.55. The average Bonchev–Trinajstić information content (AvgIpc) is 3.19. The Labute approximate surface area is 294 Å². The number of rotatable bonds is 10. The number of benzene rings is 5. The van der Waals surface area contributed by atoms with Crippen LogP contribution in [0.5, 0.6) is 0 Å². The minimum absolute atomic E-state index is 0.360. The molecule has 0 N–H and O–H groups in total. The molecule has 6 aromatic rings. The highest BCUT2D eigenvalue weighted by Crippen LogP contribution is 2.45. The van der Waals surface area contributed by atoms with Crippen LogP contribution in [0.3, 0.4) is 0 Å². The molecule has 1 heterocycles. The van der Waals surface area contributed by atoms with Crippen LogP contribution in [-0.4, -0.2) is 24.0 Å². The normalized spacial score (nSPS) is 10.9. The number of ether oxygens (including phenoxy) is 2. The van der Waals surface area contributed by atoms with Crippen LogP contribution in [0.4, 0.5) is 0 Å². The van der Waals surface area contributed by atoms with Gasteiger partial charge in [-0.25, -0.2) is 9.59 Å². The van der Waals surface area contributed by atoms with E-state index in [4.69, 9.17) is 9.47 Å². The molecule has 0 aliphatic carbocycles. The number of nitrogens with zero attached hydrogens (tertiary/aromatic N) is 1. The Morgan fingerprint density at radius 2 is 0.820 bits per heavy atom. The van der Waals surface area contributed by atoms with Crippen molar-refractivity contribution in [1.82, 2.24) is 4.98 Å². The summed E-state index contributed by atoms with van der Waals surface area (Å²) in [5.41, 5.74) is 4.33. The average molecular weight is 658 g/mol. The van der Waals surface area contributed by atoms with Gasteiger partial charge in [-0.2, -0.15) is 0 Å². The summed E-state index contributed by atoms with van der Waals surface area (Å²) >= 11 is 0. The Bertz CT molecular complexity index is 1820. The maximum atomic E-state index is 12.6. The highest BCUT2D eigenvalue weighted by Gasteiger charge is 2.43. The van der Waals surface area contributed by atoms with Gasteiger partial charge >= 0.3 is 11.9 Å². The van der Waals surface area contributed by atoms with Crippen molar-refractivity contribution in [2.45, 2.75) is 17.9 Å². The first-order valence-corrected chi connectivity index (χ1v) is 16.2. The lowest BCUT2D eigenvalue weighted by Crippen LogP contribution is -2.35. The van der Waals surface area contributed by atoms with Gasteiger partial charge in [-0.1, -0.05) is 165 Å². The molecule has 0 saturated carbocycles. The number of carbonyl (C=O) groups excluding carboxylic acids is 2. The van der Waals surface area contributed by atoms with Crippen molar-refractivity contribution in [2.24, 2.45) is 0 Å². The van der Waals surface area contributed by atoms with Crippen LogP contribution in [0.15, 0.2) is 200 Å². The van der Waals surface area contributed by atoms with E-state index >= 15 is 0 Å². The van der Waals surface area contributed by atoms with Crippen LogP contribution < -0.4 is 0 Å². The number of pyridine rings is 1. The number of hydrogen-bond donors (Lipinski definition) is 0. The first-order valence-electron chi connectivity index (χ1n) is 16.2. The van der Waals surface area contributed by atoms with Gasteiger partial charge in [0, 0.05) is 40.2 Å². The van der Waals surface area contributed by atoms with Gasteiger partial charge < -0.3 is 9.47 Å². The largest absolute Gasteiger partial charge is 0.466 e. The van der Waals surface area contributed by atoms with Crippen molar-refractivity contribution in [3.05, 3.63) is 234 Å². The minimum Gasteiger partial charge on any atom is -0.466 e. The molecule has 1 aromatic heterocycles. The molecule has 0 spiro atoms. The number of hydrogen-bond acceptors (Lipinski definition) is 5. The van der Waals surface area contributed by atoms with E-state index in [-0.39, 0.29) is 0 Å². The molecule has 5 nitrogen and oxygen atoms in total. The van der Waals surface area contributed by atoms with Gasteiger partial charge in [0.25, 0.3) is 0 Å². The molecule has 0 aliphatic rings. The molecule has 248 valence electrons. The van der Waals surface area contributed by atoms with Crippen LogP contribution in [0, 0.1) is 0 Å². The molecule has 0 fully saturated rings. The number of methoxy groups -OCH3 is 1. The van der Waals surface area contributed by atoms with E-state index in [0.29, 0.717) is 11.1 Å². The fourth-order valence-corrected chi connectivity index (χ4v) is 6.20. The van der Waals surface area contributed by atoms with Crippen molar-refractivity contribution >= 4 is 11.9 Å². The quantitative estimate of drug-likeness (QED) is 0.0835. The zero-order valence-corrected chi connectivity index (χ0v) is 28.2. The smallest absolute Gasteiger partial charge is 0.334 e. The van der Waals surface area contributed by atoms with Crippen molar-refractivity contribution in [3.63, 3.8) is 0 Å². The number of carbonyl (C=O) groups is 2. The summed E-state index contributed by atoms with van der Waals surface area (Å²) in [6, 6.07) is 53.0. The Balaban J connectivity index is 0.000000194. The van der Waals surface area contributed by atoms with Gasteiger partial charge in [0.05, 0.1) is 12.5 Å². The topological polar surface area (TPSA) is 65.5 Å². The van der Waals surface area contributed by atoms with Gasteiger partial charge in [-0.3, -0.25) is 4.98 Å². The van der Waals surface area contributed by atoms with Gasteiger partial charge in [-0.05, 0) is 35.7 Å². The zero-order valence-electron chi connectivity index (χ0n) is 28.2. The highest BCUT2D eigenvalue weighted by atomic mass is 16.6. The first kappa shape index (κ1) is 35.0. The molecule has 0 atom stereocenters. The summed E-state index contributed by atoms with van der Waals surface area (Å²) in [6.07, 6.45) is 3.45. The minimum atomic E-state index is -1.03. The molecular weight excluding hydrogens is 618 g/mol. The molecule has 0 aliphatic heterocycles. The molecule has 6 rings (SSSR count). The van der Waals surface area contributed by atoms with Crippen molar-refractivity contribution in [1.29, 1.82) is 0 Å². The van der Waals surface area contributed by atoms with E-state index in [1.807, 2.05) is 164 Å². The first-order chi connectivity index (χ1) is 24.4. The predicted octanol–water partition coefficient (Wildman–Crippen LogP) is 9.24. The lowest BCUT2D eigenvalue weighted by molar-refractivity contribution is -0.148.